The predicted molar refractivity (Wildman–Crippen MR) is 134 cm³/mol. The average Bonchev–Trinajstić information content (AvgIpc) is 3.19. The summed E-state index contributed by atoms with van der Waals surface area (Å²) in [5, 5.41) is 4.35. The maximum absolute atomic E-state index is 13.0. The van der Waals surface area contributed by atoms with Gasteiger partial charge in [-0.2, -0.15) is 5.10 Å². The lowest BCUT2D eigenvalue weighted by molar-refractivity contribution is -0.121. The van der Waals surface area contributed by atoms with E-state index >= 15 is 0 Å². The van der Waals surface area contributed by atoms with Crippen molar-refractivity contribution >= 4 is 23.4 Å². The van der Waals surface area contributed by atoms with E-state index in [9.17, 15) is 19.2 Å². The number of carbonyl (C=O) groups is 2. The number of carbonyl (C=O) groups excluding carboxylic acids is 2. The van der Waals surface area contributed by atoms with E-state index in [4.69, 9.17) is 10.5 Å². The molecular formula is C24H31N7O5. The van der Waals surface area contributed by atoms with Crippen LogP contribution in [-0.4, -0.2) is 49.3 Å². The maximum Gasteiger partial charge on any atom is 0.340 e. The van der Waals surface area contributed by atoms with Gasteiger partial charge >= 0.3 is 11.7 Å². The molecule has 3 aromatic heterocycles. The van der Waals surface area contributed by atoms with Crippen molar-refractivity contribution in [3.8, 4) is 5.82 Å². The number of unbranched alkanes of at least 4 members (excludes halogenated alkanes) is 1. The van der Waals surface area contributed by atoms with E-state index in [0.717, 1.165) is 17.8 Å². The molecule has 3 rings (SSSR count). The summed E-state index contributed by atoms with van der Waals surface area (Å²) < 4.78 is 8.08. The Balaban J connectivity index is 1.78. The van der Waals surface area contributed by atoms with E-state index in [1.165, 1.54) is 21.7 Å². The largest absolute Gasteiger partial charge is 0.452 e. The number of aromatic amines is 1. The normalized spacial score (nSPS) is 10.9. The number of hydrogen-bond acceptors (Lipinski definition) is 8. The Morgan fingerprint density at radius 1 is 1.17 bits per heavy atom. The molecule has 0 unspecified atom stereocenters. The second-order valence-corrected chi connectivity index (χ2v) is 8.36. The SMILES string of the molecule is CCCCN(C(=O)COC(=O)c1ccc(-n2nc(C)cc2C)nc1)c1c(N)n(CCC)c(=O)[nH]c1=O. The molecule has 0 saturated heterocycles. The van der Waals surface area contributed by atoms with Crippen molar-refractivity contribution in [2.75, 3.05) is 23.8 Å². The Hall–Kier alpha value is -4.22. The monoisotopic (exact) mass is 497 g/mol. The van der Waals surface area contributed by atoms with Gasteiger partial charge in [0.05, 0.1) is 11.3 Å². The van der Waals surface area contributed by atoms with Gasteiger partial charge in [-0.05, 0) is 44.9 Å². The van der Waals surface area contributed by atoms with Crippen molar-refractivity contribution in [2.24, 2.45) is 0 Å². The number of rotatable bonds is 10. The van der Waals surface area contributed by atoms with E-state index in [0.29, 0.717) is 18.7 Å². The fourth-order valence-electron chi connectivity index (χ4n) is 3.74. The highest BCUT2D eigenvalue weighted by molar-refractivity contribution is 5.98. The molecule has 3 N–H and O–H groups in total. The van der Waals surface area contributed by atoms with Gasteiger partial charge in [-0.1, -0.05) is 20.3 Å². The number of H-pyrrole nitrogens is 1. The van der Waals surface area contributed by atoms with E-state index in [2.05, 4.69) is 15.1 Å². The van der Waals surface area contributed by atoms with E-state index in [-0.39, 0.29) is 30.2 Å². The molecule has 0 spiro atoms. The minimum absolute atomic E-state index is 0.106. The number of pyridine rings is 1. The van der Waals surface area contributed by atoms with Gasteiger partial charge in [0.25, 0.3) is 11.5 Å². The van der Waals surface area contributed by atoms with Crippen molar-refractivity contribution in [3.05, 3.63) is 62.2 Å². The van der Waals surface area contributed by atoms with Crippen LogP contribution in [0.3, 0.4) is 0 Å². The summed E-state index contributed by atoms with van der Waals surface area (Å²) in [7, 11) is 0. The van der Waals surface area contributed by atoms with Crippen molar-refractivity contribution in [2.45, 2.75) is 53.5 Å². The third-order valence-corrected chi connectivity index (χ3v) is 5.50. The van der Waals surface area contributed by atoms with Crippen LogP contribution in [0, 0.1) is 13.8 Å². The van der Waals surface area contributed by atoms with Gasteiger partial charge in [-0.25, -0.2) is 19.3 Å². The standard InChI is InChI=1S/C24H31N7O5/c1-5-7-11-29(20-21(25)30(10-6-2)24(35)27-22(20)33)19(32)14-36-23(34)17-8-9-18(26-13-17)31-16(4)12-15(3)28-31/h8-9,12-13H,5-7,10-11,14,25H2,1-4H3,(H,27,33,35). The molecule has 0 aromatic carbocycles. The second kappa shape index (κ2) is 11.5. The van der Waals surface area contributed by atoms with Gasteiger partial charge < -0.3 is 15.4 Å². The zero-order valence-corrected chi connectivity index (χ0v) is 20.9. The number of nitrogen functional groups attached to an aromatic ring is 1. The Morgan fingerprint density at radius 3 is 2.50 bits per heavy atom. The number of anilines is 2. The molecule has 0 fully saturated rings. The second-order valence-electron chi connectivity index (χ2n) is 8.36. The summed E-state index contributed by atoms with van der Waals surface area (Å²) in [5.41, 5.74) is 6.47. The lowest BCUT2D eigenvalue weighted by atomic mass is 10.2. The van der Waals surface area contributed by atoms with Crippen molar-refractivity contribution in [3.63, 3.8) is 0 Å². The number of amides is 1. The average molecular weight is 498 g/mol. The van der Waals surface area contributed by atoms with Gasteiger partial charge in [0.15, 0.2) is 18.1 Å². The van der Waals surface area contributed by atoms with Crippen LogP contribution in [0.4, 0.5) is 11.5 Å². The van der Waals surface area contributed by atoms with E-state index < -0.39 is 29.7 Å². The van der Waals surface area contributed by atoms with Gasteiger partial charge in [-0.3, -0.25) is 19.1 Å². The molecule has 0 radical (unpaired) electrons. The zero-order chi connectivity index (χ0) is 26.4. The number of hydrogen-bond donors (Lipinski definition) is 2. The number of esters is 1. The molecule has 3 heterocycles. The fraction of sp³-hybridized carbons (Fsp3) is 0.417. The van der Waals surface area contributed by atoms with Crippen LogP contribution in [-0.2, 0) is 16.1 Å². The molecule has 192 valence electrons. The summed E-state index contributed by atoms with van der Waals surface area (Å²) in [6.45, 7) is 7.38. The highest BCUT2D eigenvalue weighted by atomic mass is 16.5. The first-order chi connectivity index (χ1) is 17.2. The topological polar surface area (TPSA) is 158 Å². The molecule has 12 nitrogen and oxygen atoms in total. The number of ether oxygens (including phenoxy) is 1. The van der Waals surface area contributed by atoms with E-state index in [1.54, 1.807) is 10.7 Å². The molecule has 0 aliphatic rings. The highest BCUT2D eigenvalue weighted by Crippen LogP contribution is 2.18. The molecule has 3 aromatic rings. The summed E-state index contributed by atoms with van der Waals surface area (Å²) in [5.74, 6) is -0.951. The highest BCUT2D eigenvalue weighted by Gasteiger charge is 2.25. The van der Waals surface area contributed by atoms with Crippen LogP contribution in [0.2, 0.25) is 0 Å². The first-order valence-corrected chi connectivity index (χ1v) is 11.8. The Morgan fingerprint density at radius 2 is 1.92 bits per heavy atom. The lowest BCUT2D eigenvalue weighted by Gasteiger charge is -2.24. The first kappa shape index (κ1) is 26.4. The maximum atomic E-state index is 13.0. The molecule has 0 aliphatic carbocycles. The lowest BCUT2D eigenvalue weighted by Crippen LogP contribution is -2.43. The minimum atomic E-state index is -0.774. The van der Waals surface area contributed by atoms with Crippen LogP contribution in [0.15, 0.2) is 34.0 Å². The van der Waals surface area contributed by atoms with Crippen LogP contribution in [0.1, 0.15) is 54.9 Å². The molecule has 0 saturated carbocycles. The predicted octanol–water partition coefficient (Wildman–Crippen LogP) is 1.72. The fourth-order valence-corrected chi connectivity index (χ4v) is 3.74. The Labute approximate surface area is 207 Å². The van der Waals surface area contributed by atoms with Gasteiger partial charge in [0, 0.05) is 25.0 Å². The Bertz CT molecular complexity index is 1350. The van der Waals surface area contributed by atoms with Crippen LogP contribution >= 0.6 is 0 Å². The van der Waals surface area contributed by atoms with Gasteiger partial charge in [0.1, 0.15) is 5.82 Å². The summed E-state index contributed by atoms with van der Waals surface area (Å²) in [4.78, 5) is 58.0. The summed E-state index contributed by atoms with van der Waals surface area (Å²) in [6, 6.07) is 5.07. The van der Waals surface area contributed by atoms with E-state index in [1.807, 2.05) is 33.8 Å². The number of nitrogens with one attached hydrogen (secondary N) is 1. The van der Waals surface area contributed by atoms with Gasteiger partial charge in [-0.15, -0.1) is 0 Å². The van der Waals surface area contributed by atoms with Crippen LogP contribution in [0.5, 0.6) is 0 Å². The number of nitrogens with zero attached hydrogens (tertiary/aromatic N) is 5. The quantitative estimate of drug-likeness (QED) is 0.401. The molecule has 12 heteroatoms. The zero-order valence-electron chi connectivity index (χ0n) is 20.9. The number of aromatic nitrogens is 5. The van der Waals surface area contributed by atoms with Crippen molar-refractivity contribution < 1.29 is 14.3 Å². The van der Waals surface area contributed by atoms with Gasteiger partial charge in [0.2, 0.25) is 0 Å². The molecule has 36 heavy (non-hydrogen) atoms. The van der Waals surface area contributed by atoms with Crippen molar-refractivity contribution in [1.29, 1.82) is 0 Å². The van der Waals surface area contributed by atoms with Crippen LogP contribution < -0.4 is 21.9 Å². The van der Waals surface area contributed by atoms with Crippen molar-refractivity contribution in [1.82, 2.24) is 24.3 Å². The number of nitrogens with two attached hydrogens (primary N) is 1. The van der Waals surface area contributed by atoms with Crippen LogP contribution in [0.25, 0.3) is 5.82 Å². The number of aryl methyl sites for hydroxylation is 2. The summed E-state index contributed by atoms with van der Waals surface area (Å²) >= 11 is 0. The third-order valence-electron chi connectivity index (χ3n) is 5.50. The Kier molecular flexibility index (Phi) is 8.41. The molecule has 1 amide bonds. The first-order valence-electron chi connectivity index (χ1n) is 11.8. The molecular weight excluding hydrogens is 466 g/mol. The minimum Gasteiger partial charge on any atom is -0.452 e. The molecule has 0 bridgehead atoms. The third kappa shape index (κ3) is 5.70. The molecule has 0 atom stereocenters. The smallest absolute Gasteiger partial charge is 0.340 e. The summed E-state index contributed by atoms with van der Waals surface area (Å²) in [6.07, 6.45) is 3.26. The molecule has 0 aliphatic heterocycles.